The molecule has 2 unspecified atom stereocenters. The molecule has 0 aliphatic carbocycles. The molecule has 6 nitrogen and oxygen atoms in total. The molecule has 1 aromatic heterocycles. The van der Waals surface area contributed by atoms with Gasteiger partial charge in [0.2, 0.25) is 0 Å². The third kappa shape index (κ3) is 3.55. The van der Waals surface area contributed by atoms with E-state index in [1.54, 1.807) is 6.07 Å². The summed E-state index contributed by atoms with van der Waals surface area (Å²) in [7, 11) is 4.08. The minimum atomic E-state index is -0.147. The molecular formula is C16H26N4O2. The quantitative estimate of drug-likeness (QED) is 0.816. The van der Waals surface area contributed by atoms with Gasteiger partial charge in [0.1, 0.15) is 5.69 Å². The summed E-state index contributed by atoms with van der Waals surface area (Å²) in [6.45, 7) is 6.23. The lowest BCUT2D eigenvalue weighted by atomic mass is 10.1. The Labute approximate surface area is 131 Å². The molecule has 0 bridgehead atoms. The van der Waals surface area contributed by atoms with E-state index in [9.17, 15) is 9.59 Å². The summed E-state index contributed by atoms with van der Waals surface area (Å²) in [5, 5.41) is 4.25. The Morgan fingerprint density at radius 2 is 2.09 bits per heavy atom. The first kappa shape index (κ1) is 16.7. The molecule has 0 radical (unpaired) electrons. The number of rotatable bonds is 5. The van der Waals surface area contributed by atoms with Gasteiger partial charge in [0.15, 0.2) is 0 Å². The van der Waals surface area contributed by atoms with E-state index in [2.05, 4.69) is 23.8 Å². The highest BCUT2D eigenvalue weighted by atomic mass is 16.2. The molecular weight excluding hydrogens is 280 g/mol. The molecule has 0 N–H and O–H groups in total. The van der Waals surface area contributed by atoms with Crippen molar-refractivity contribution in [3.05, 3.63) is 28.2 Å². The zero-order chi connectivity index (χ0) is 16.3. The lowest BCUT2D eigenvalue weighted by Gasteiger charge is -2.22. The zero-order valence-corrected chi connectivity index (χ0v) is 14.0. The fourth-order valence-electron chi connectivity index (χ4n) is 2.98. The van der Waals surface area contributed by atoms with Gasteiger partial charge in [0.05, 0.1) is 0 Å². The number of likely N-dealkylation sites (tertiary alicyclic amines) is 1. The van der Waals surface area contributed by atoms with E-state index >= 15 is 0 Å². The number of nitrogens with zero attached hydrogens (tertiary/aromatic N) is 4. The number of carbonyl (C=O) groups excluding carboxylic acids is 1. The number of hydrogen-bond acceptors (Lipinski definition) is 4. The van der Waals surface area contributed by atoms with Gasteiger partial charge in [-0.05, 0) is 32.5 Å². The van der Waals surface area contributed by atoms with Crippen LogP contribution >= 0.6 is 0 Å². The highest BCUT2D eigenvalue weighted by Crippen LogP contribution is 2.21. The molecule has 1 aromatic rings. The van der Waals surface area contributed by atoms with Crippen LogP contribution in [-0.4, -0.2) is 58.7 Å². The van der Waals surface area contributed by atoms with Crippen LogP contribution in [0.15, 0.2) is 16.9 Å². The largest absolute Gasteiger partial charge is 0.335 e. The van der Waals surface area contributed by atoms with Gasteiger partial charge in [-0.15, -0.1) is 0 Å². The second-order valence-electron chi connectivity index (χ2n) is 6.35. The van der Waals surface area contributed by atoms with Crippen molar-refractivity contribution in [2.24, 2.45) is 5.92 Å². The number of likely N-dealkylation sites (N-methyl/N-ethyl adjacent to an activating group) is 1. The standard InChI is InChI=1S/C16H26N4O2/c1-5-6-9-20-15(21)8-7-13(17-20)16(22)19-10-12(2)14(11-19)18(3)4/h7-8,12,14H,5-6,9-11H2,1-4H3. The number of aromatic nitrogens is 2. The Balaban J connectivity index is 2.15. The second-order valence-corrected chi connectivity index (χ2v) is 6.35. The number of unbranched alkanes of at least 4 members (excludes halogenated alkanes) is 1. The maximum atomic E-state index is 12.6. The van der Waals surface area contributed by atoms with Crippen molar-refractivity contribution in [3.63, 3.8) is 0 Å². The Bertz CT molecular complexity index is 582. The molecule has 1 saturated heterocycles. The number of amides is 1. The van der Waals surface area contributed by atoms with E-state index in [0.717, 1.165) is 19.4 Å². The van der Waals surface area contributed by atoms with Gasteiger partial charge < -0.3 is 9.80 Å². The number of hydrogen-bond donors (Lipinski definition) is 0. The SMILES string of the molecule is CCCCn1nc(C(=O)N2CC(C)C(N(C)C)C2)ccc1=O. The molecule has 2 heterocycles. The molecule has 1 aliphatic heterocycles. The van der Waals surface area contributed by atoms with Crippen LogP contribution in [0, 0.1) is 5.92 Å². The summed E-state index contributed by atoms with van der Waals surface area (Å²) in [4.78, 5) is 28.4. The van der Waals surface area contributed by atoms with Crippen LogP contribution in [0.25, 0.3) is 0 Å². The second kappa shape index (κ2) is 7.05. The molecule has 122 valence electrons. The van der Waals surface area contributed by atoms with Crippen molar-refractivity contribution in [2.45, 2.75) is 39.3 Å². The predicted molar refractivity (Wildman–Crippen MR) is 85.9 cm³/mol. The molecule has 22 heavy (non-hydrogen) atoms. The molecule has 1 aliphatic rings. The van der Waals surface area contributed by atoms with E-state index < -0.39 is 0 Å². The van der Waals surface area contributed by atoms with Crippen LogP contribution in [-0.2, 0) is 6.54 Å². The molecule has 1 amide bonds. The monoisotopic (exact) mass is 306 g/mol. The summed E-state index contributed by atoms with van der Waals surface area (Å²) < 4.78 is 1.40. The van der Waals surface area contributed by atoms with Crippen LogP contribution in [0.3, 0.4) is 0 Å². The number of carbonyl (C=O) groups is 1. The first-order chi connectivity index (χ1) is 10.4. The first-order valence-electron chi connectivity index (χ1n) is 7.98. The van der Waals surface area contributed by atoms with E-state index in [-0.39, 0.29) is 11.5 Å². The van der Waals surface area contributed by atoms with Gasteiger partial charge >= 0.3 is 0 Å². The first-order valence-corrected chi connectivity index (χ1v) is 7.98. The summed E-state index contributed by atoms with van der Waals surface area (Å²) in [6.07, 6.45) is 1.87. The molecule has 2 rings (SSSR count). The minimum absolute atomic E-state index is 0.0820. The van der Waals surface area contributed by atoms with Crippen molar-refractivity contribution >= 4 is 5.91 Å². The Hall–Kier alpha value is -1.69. The summed E-state index contributed by atoms with van der Waals surface area (Å²) in [5.41, 5.74) is 0.216. The van der Waals surface area contributed by atoms with Gasteiger partial charge in [-0.2, -0.15) is 5.10 Å². The predicted octanol–water partition coefficient (Wildman–Crippen LogP) is 1.07. The van der Waals surface area contributed by atoms with E-state index in [1.807, 2.05) is 19.0 Å². The van der Waals surface area contributed by atoms with E-state index in [4.69, 9.17) is 0 Å². The lowest BCUT2D eigenvalue weighted by molar-refractivity contribution is 0.0772. The third-order valence-electron chi connectivity index (χ3n) is 4.33. The van der Waals surface area contributed by atoms with Crippen LogP contribution in [0.1, 0.15) is 37.2 Å². The normalized spacial score (nSPS) is 21.6. The molecule has 0 aromatic carbocycles. The molecule has 0 saturated carbocycles. The highest BCUT2D eigenvalue weighted by Gasteiger charge is 2.34. The van der Waals surface area contributed by atoms with Gasteiger partial charge in [-0.1, -0.05) is 20.3 Å². The van der Waals surface area contributed by atoms with Crippen molar-refractivity contribution in [1.82, 2.24) is 19.6 Å². The molecule has 2 atom stereocenters. The zero-order valence-electron chi connectivity index (χ0n) is 14.0. The van der Waals surface area contributed by atoms with E-state index in [1.165, 1.54) is 10.7 Å². The summed E-state index contributed by atoms with van der Waals surface area (Å²) >= 11 is 0. The van der Waals surface area contributed by atoms with Crippen LogP contribution in [0.5, 0.6) is 0 Å². The Morgan fingerprint density at radius 1 is 1.36 bits per heavy atom. The lowest BCUT2D eigenvalue weighted by Crippen LogP contribution is -2.36. The van der Waals surface area contributed by atoms with Gasteiger partial charge in [0.25, 0.3) is 11.5 Å². The third-order valence-corrected chi connectivity index (χ3v) is 4.33. The molecule has 0 spiro atoms. The van der Waals surface area contributed by atoms with Crippen molar-refractivity contribution in [1.29, 1.82) is 0 Å². The van der Waals surface area contributed by atoms with Gasteiger partial charge in [-0.25, -0.2) is 4.68 Å². The maximum Gasteiger partial charge on any atom is 0.274 e. The fourth-order valence-corrected chi connectivity index (χ4v) is 2.98. The topological polar surface area (TPSA) is 58.4 Å². The van der Waals surface area contributed by atoms with Crippen molar-refractivity contribution in [3.8, 4) is 0 Å². The van der Waals surface area contributed by atoms with Gasteiger partial charge in [0, 0.05) is 31.7 Å². The molecule has 1 fully saturated rings. The van der Waals surface area contributed by atoms with Crippen molar-refractivity contribution < 1.29 is 4.79 Å². The summed E-state index contributed by atoms with van der Waals surface area (Å²) in [6, 6.07) is 3.36. The van der Waals surface area contributed by atoms with Gasteiger partial charge in [-0.3, -0.25) is 9.59 Å². The van der Waals surface area contributed by atoms with Crippen LogP contribution in [0.4, 0.5) is 0 Å². The minimum Gasteiger partial charge on any atom is -0.335 e. The highest BCUT2D eigenvalue weighted by molar-refractivity contribution is 5.92. The Morgan fingerprint density at radius 3 is 2.68 bits per heavy atom. The molecule has 6 heteroatoms. The number of aryl methyl sites for hydroxylation is 1. The van der Waals surface area contributed by atoms with Crippen LogP contribution < -0.4 is 5.56 Å². The smallest absolute Gasteiger partial charge is 0.274 e. The van der Waals surface area contributed by atoms with E-state index in [0.29, 0.717) is 30.7 Å². The average Bonchev–Trinajstić information content (AvgIpc) is 2.88. The fraction of sp³-hybridized carbons (Fsp3) is 0.688. The Kier molecular flexibility index (Phi) is 5.34. The maximum absolute atomic E-state index is 12.6. The van der Waals surface area contributed by atoms with Crippen molar-refractivity contribution in [2.75, 3.05) is 27.2 Å². The average molecular weight is 306 g/mol. The summed E-state index contributed by atoms with van der Waals surface area (Å²) in [5.74, 6) is 0.353. The van der Waals surface area contributed by atoms with Crippen LogP contribution in [0.2, 0.25) is 0 Å².